The Hall–Kier alpha value is -1.23. The van der Waals surface area contributed by atoms with Gasteiger partial charge in [-0.3, -0.25) is 4.79 Å². The topological polar surface area (TPSA) is 75.3 Å². The molecule has 0 amide bonds. The maximum Gasteiger partial charge on any atom is 0.320 e. The molecule has 6 heteroatoms. The minimum Gasteiger partial charge on any atom is -0.480 e. The van der Waals surface area contributed by atoms with Gasteiger partial charge in [0.05, 0.1) is 0 Å². The zero-order valence-corrected chi connectivity index (χ0v) is 13.0. The molecule has 0 spiro atoms. The Bertz CT molecular complexity index is 410. The molecule has 2 atom stereocenters. The summed E-state index contributed by atoms with van der Waals surface area (Å²) in [4.78, 5) is 10.6. The van der Waals surface area contributed by atoms with Crippen molar-refractivity contribution < 1.29 is 9.90 Å². The molecule has 1 aromatic carbocycles. The molecule has 0 heterocycles. The fraction of sp³-hybridized carbons (Fsp3) is 0.357. The van der Waals surface area contributed by atoms with Crippen LogP contribution in [-0.4, -0.2) is 23.2 Å². The highest BCUT2D eigenvalue weighted by Gasteiger charge is 2.11. The van der Waals surface area contributed by atoms with Crippen molar-refractivity contribution in [3.63, 3.8) is 0 Å². The zero-order chi connectivity index (χ0) is 13.5. The van der Waals surface area contributed by atoms with E-state index in [4.69, 9.17) is 10.8 Å². The Labute approximate surface area is 132 Å². The molecule has 2 unspecified atom stereocenters. The second kappa shape index (κ2) is 10.5. The highest BCUT2D eigenvalue weighted by Crippen LogP contribution is 2.13. The van der Waals surface area contributed by atoms with E-state index in [-0.39, 0.29) is 24.8 Å². The van der Waals surface area contributed by atoms with Crippen LogP contribution in [0.1, 0.15) is 18.9 Å². The largest absolute Gasteiger partial charge is 0.480 e. The van der Waals surface area contributed by atoms with Gasteiger partial charge in [-0.2, -0.15) is 0 Å². The summed E-state index contributed by atoms with van der Waals surface area (Å²) in [5.41, 5.74) is 7.41. The third-order valence-corrected chi connectivity index (χ3v) is 2.66. The molecular formula is C14H22Cl2N2O2. The van der Waals surface area contributed by atoms with Gasteiger partial charge in [0.1, 0.15) is 6.04 Å². The number of carboxylic acids is 1. The smallest absolute Gasteiger partial charge is 0.320 e. The van der Waals surface area contributed by atoms with Gasteiger partial charge in [0.25, 0.3) is 0 Å². The lowest BCUT2D eigenvalue weighted by Crippen LogP contribution is -2.32. The molecule has 0 aliphatic rings. The van der Waals surface area contributed by atoms with Crippen LogP contribution >= 0.6 is 24.8 Å². The molecular weight excluding hydrogens is 299 g/mol. The number of nitrogens with two attached hydrogens (primary N) is 1. The second-order valence-electron chi connectivity index (χ2n) is 4.42. The van der Waals surface area contributed by atoms with Crippen LogP contribution in [0.3, 0.4) is 0 Å². The summed E-state index contributed by atoms with van der Waals surface area (Å²) in [6.07, 6.45) is 3.11. The monoisotopic (exact) mass is 320 g/mol. The molecule has 0 aromatic heterocycles. The van der Waals surface area contributed by atoms with Gasteiger partial charge in [0.2, 0.25) is 0 Å². The van der Waals surface area contributed by atoms with Crippen LogP contribution in [0.4, 0.5) is 5.69 Å². The van der Waals surface area contributed by atoms with E-state index in [2.05, 4.69) is 18.8 Å². The Kier molecular flexibility index (Phi) is 11.1. The van der Waals surface area contributed by atoms with Gasteiger partial charge in [0, 0.05) is 11.7 Å². The number of anilines is 1. The lowest BCUT2D eigenvalue weighted by Gasteiger charge is -2.14. The van der Waals surface area contributed by atoms with Crippen molar-refractivity contribution in [1.29, 1.82) is 0 Å². The van der Waals surface area contributed by atoms with Gasteiger partial charge in [-0.05, 0) is 37.5 Å². The molecule has 1 rings (SSSR count). The second-order valence-corrected chi connectivity index (χ2v) is 4.42. The Balaban J connectivity index is 0. The normalized spacial score (nSPS) is 12.3. The van der Waals surface area contributed by atoms with Crippen molar-refractivity contribution in [3.8, 4) is 0 Å². The van der Waals surface area contributed by atoms with E-state index in [9.17, 15) is 4.79 Å². The average molecular weight is 321 g/mol. The van der Waals surface area contributed by atoms with Crippen molar-refractivity contribution in [2.24, 2.45) is 5.73 Å². The number of benzene rings is 1. The molecule has 0 aliphatic heterocycles. The van der Waals surface area contributed by atoms with E-state index < -0.39 is 12.0 Å². The van der Waals surface area contributed by atoms with Gasteiger partial charge >= 0.3 is 5.97 Å². The quantitative estimate of drug-likeness (QED) is 0.675. The van der Waals surface area contributed by atoms with E-state index in [0.29, 0.717) is 12.5 Å². The number of hydrogen-bond donors (Lipinski definition) is 3. The van der Waals surface area contributed by atoms with Crippen LogP contribution in [0.2, 0.25) is 0 Å². The lowest BCUT2D eigenvalue weighted by molar-refractivity contribution is -0.138. The molecule has 1 aromatic rings. The molecule has 0 bridgehead atoms. The van der Waals surface area contributed by atoms with Crippen LogP contribution in [0.25, 0.3) is 0 Å². The third-order valence-electron chi connectivity index (χ3n) is 2.66. The Morgan fingerprint density at radius 2 is 1.95 bits per heavy atom. The summed E-state index contributed by atoms with van der Waals surface area (Å²) in [6.45, 7) is 5.78. The number of aliphatic carboxylic acids is 1. The fourth-order valence-electron chi connectivity index (χ4n) is 1.67. The number of rotatable bonds is 7. The molecule has 0 saturated heterocycles. The Morgan fingerprint density at radius 1 is 1.40 bits per heavy atom. The van der Waals surface area contributed by atoms with Gasteiger partial charge in [0.15, 0.2) is 0 Å². The van der Waals surface area contributed by atoms with E-state index in [0.717, 1.165) is 17.7 Å². The van der Waals surface area contributed by atoms with Crippen LogP contribution in [0.5, 0.6) is 0 Å². The summed E-state index contributed by atoms with van der Waals surface area (Å²) < 4.78 is 0. The SMILES string of the molecule is C=CCC(C)Nc1ccc(CC(N)C(=O)O)cc1.Cl.Cl. The van der Waals surface area contributed by atoms with Crippen molar-refractivity contribution >= 4 is 36.5 Å². The first-order valence-electron chi connectivity index (χ1n) is 5.97. The molecule has 0 saturated carbocycles. The van der Waals surface area contributed by atoms with Gasteiger partial charge in [-0.1, -0.05) is 18.2 Å². The molecule has 4 N–H and O–H groups in total. The van der Waals surface area contributed by atoms with E-state index in [1.54, 1.807) is 0 Å². The van der Waals surface area contributed by atoms with Crippen molar-refractivity contribution in [2.75, 3.05) is 5.32 Å². The summed E-state index contributed by atoms with van der Waals surface area (Å²) >= 11 is 0. The van der Waals surface area contributed by atoms with Crippen molar-refractivity contribution in [1.82, 2.24) is 0 Å². The number of carbonyl (C=O) groups is 1. The lowest BCUT2D eigenvalue weighted by atomic mass is 10.1. The van der Waals surface area contributed by atoms with Crippen LogP contribution in [0, 0.1) is 0 Å². The number of carboxylic acid groups (broad SMARTS) is 1. The summed E-state index contributed by atoms with van der Waals surface area (Å²) in [5, 5.41) is 12.1. The van der Waals surface area contributed by atoms with Gasteiger partial charge in [-0.15, -0.1) is 31.4 Å². The summed E-state index contributed by atoms with van der Waals surface area (Å²) in [7, 11) is 0. The Morgan fingerprint density at radius 3 is 2.40 bits per heavy atom. The average Bonchev–Trinajstić information content (AvgIpc) is 2.31. The third kappa shape index (κ3) is 7.38. The van der Waals surface area contributed by atoms with Crippen molar-refractivity contribution in [3.05, 3.63) is 42.5 Å². The molecule has 0 fully saturated rings. The summed E-state index contributed by atoms with van der Waals surface area (Å²) in [6, 6.07) is 7.14. The highest BCUT2D eigenvalue weighted by molar-refractivity contribution is 5.85. The van der Waals surface area contributed by atoms with E-state index in [1.165, 1.54) is 0 Å². The first-order chi connectivity index (χ1) is 8.52. The standard InChI is InChI=1S/C14H20N2O2.2ClH/c1-3-4-10(2)16-12-7-5-11(6-8-12)9-13(15)14(17)18;;/h3,5-8,10,13,16H,1,4,9,15H2,2H3,(H,17,18);2*1H. The first kappa shape index (κ1) is 21.1. The maximum absolute atomic E-state index is 10.6. The van der Waals surface area contributed by atoms with E-state index in [1.807, 2.05) is 30.3 Å². The predicted octanol–water partition coefficient (Wildman–Crippen LogP) is 2.86. The maximum atomic E-state index is 10.6. The van der Waals surface area contributed by atoms with Gasteiger partial charge in [-0.25, -0.2) is 0 Å². The number of hydrogen-bond acceptors (Lipinski definition) is 3. The minimum atomic E-state index is -0.975. The van der Waals surface area contributed by atoms with Crippen LogP contribution in [0.15, 0.2) is 36.9 Å². The summed E-state index contributed by atoms with van der Waals surface area (Å²) in [5.74, 6) is -0.975. The molecule has 4 nitrogen and oxygen atoms in total. The predicted molar refractivity (Wildman–Crippen MR) is 88.2 cm³/mol. The van der Waals surface area contributed by atoms with Crippen molar-refractivity contribution in [2.45, 2.75) is 31.8 Å². The fourth-order valence-corrected chi connectivity index (χ4v) is 1.67. The molecule has 0 radical (unpaired) electrons. The zero-order valence-electron chi connectivity index (χ0n) is 11.4. The highest BCUT2D eigenvalue weighted by atomic mass is 35.5. The first-order valence-corrected chi connectivity index (χ1v) is 5.97. The number of nitrogens with one attached hydrogen (secondary N) is 1. The molecule has 20 heavy (non-hydrogen) atoms. The minimum absolute atomic E-state index is 0. The molecule has 114 valence electrons. The number of halogens is 2. The van der Waals surface area contributed by atoms with E-state index >= 15 is 0 Å². The van der Waals surface area contributed by atoms with Crippen LogP contribution in [-0.2, 0) is 11.2 Å². The van der Waals surface area contributed by atoms with Gasteiger partial charge < -0.3 is 16.2 Å². The molecule has 0 aliphatic carbocycles. The van der Waals surface area contributed by atoms with Crippen LogP contribution < -0.4 is 11.1 Å².